The number of aromatic hydroxyl groups is 1. The van der Waals surface area contributed by atoms with Gasteiger partial charge in [0.1, 0.15) is 34.6 Å². The number of aryl methyl sites for hydroxylation is 1. The van der Waals surface area contributed by atoms with Crippen molar-refractivity contribution in [3.63, 3.8) is 0 Å². The van der Waals surface area contributed by atoms with E-state index < -0.39 is 23.3 Å². The van der Waals surface area contributed by atoms with Crippen LogP contribution in [0.1, 0.15) is 99.5 Å². The normalized spacial score (nSPS) is 24.5. The predicted molar refractivity (Wildman–Crippen MR) is 268 cm³/mol. The Kier molecular flexibility index (Phi) is 11.7. The summed E-state index contributed by atoms with van der Waals surface area (Å²) >= 11 is 0. The Balaban J connectivity index is 0.677. The summed E-state index contributed by atoms with van der Waals surface area (Å²) in [7, 11) is 0. The molecule has 1 spiro atoms. The van der Waals surface area contributed by atoms with Gasteiger partial charge in [0.25, 0.3) is 5.91 Å². The van der Waals surface area contributed by atoms with Crippen molar-refractivity contribution in [2.45, 2.75) is 109 Å². The molecule has 12 rings (SSSR count). The van der Waals surface area contributed by atoms with Crippen molar-refractivity contribution in [2.24, 2.45) is 10.8 Å². The lowest BCUT2D eigenvalue weighted by Gasteiger charge is -2.56. The van der Waals surface area contributed by atoms with Crippen LogP contribution in [0.5, 0.6) is 11.8 Å². The number of hydrogen-bond donors (Lipinski definition) is 3. The number of β-amino-alcohol motifs (C(OH)–C–C–N with tert-alkyl or cyclic N) is 1. The van der Waals surface area contributed by atoms with Crippen molar-refractivity contribution in [1.29, 1.82) is 0 Å². The molecule has 2 aromatic heterocycles. The molecule has 1 saturated carbocycles. The largest absolute Gasteiger partial charge is 0.508 e. The monoisotopic (exact) mass is 983 g/mol. The number of rotatable bonds is 11. The third-order valence-corrected chi connectivity index (χ3v) is 17.2. The van der Waals surface area contributed by atoms with Crippen LogP contribution in [-0.4, -0.2) is 141 Å². The van der Waals surface area contributed by atoms with E-state index in [1.807, 2.05) is 24.0 Å². The van der Waals surface area contributed by atoms with E-state index in [2.05, 4.69) is 31.1 Å². The molecule has 8 heterocycles. The zero-order valence-electron chi connectivity index (χ0n) is 41.2. The molecule has 15 nitrogen and oxygen atoms in total. The number of likely N-dealkylation sites (tertiary alicyclic amines) is 2. The van der Waals surface area contributed by atoms with Gasteiger partial charge in [-0.15, -0.1) is 0 Å². The highest BCUT2D eigenvalue weighted by atomic mass is 19.1. The molecule has 5 aromatic rings. The highest BCUT2D eigenvalue weighted by molar-refractivity contribution is 6.06. The van der Waals surface area contributed by atoms with Crippen LogP contribution in [0.3, 0.4) is 0 Å². The van der Waals surface area contributed by atoms with E-state index in [0.29, 0.717) is 90.1 Å². The molecule has 2 atom stereocenters. The number of pyridine rings is 1. The minimum Gasteiger partial charge on any atom is -0.508 e. The van der Waals surface area contributed by atoms with Gasteiger partial charge in [0.15, 0.2) is 5.82 Å². The van der Waals surface area contributed by atoms with Crippen LogP contribution in [0.25, 0.3) is 32.9 Å². The summed E-state index contributed by atoms with van der Waals surface area (Å²) in [5.74, 6) is -1.59. The molecule has 6 fully saturated rings. The first-order valence-electron chi connectivity index (χ1n) is 26.1. The number of nitrogens with one attached hydrogen (secondary N) is 1. The van der Waals surface area contributed by atoms with E-state index >= 15 is 8.78 Å². The number of benzene rings is 3. The number of nitrogens with zero attached hydrogens (tertiary/aromatic N) is 8. The molecule has 1 aliphatic carbocycles. The highest BCUT2D eigenvalue weighted by Gasteiger charge is 2.52. The lowest BCUT2D eigenvalue weighted by Crippen LogP contribution is -2.62. The average Bonchev–Trinajstić information content (AvgIpc) is 4.05. The number of carbonyl (C=O) groups is 3. The van der Waals surface area contributed by atoms with Crippen LogP contribution < -0.4 is 19.9 Å². The molecule has 3 aromatic carbocycles. The fourth-order valence-corrected chi connectivity index (χ4v) is 13.1. The van der Waals surface area contributed by atoms with Crippen LogP contribution in [0.2, 0.25) is 0 Å². The van der Waals surface area contributed by atoms with E-state index in [4.69, 9.17) is 14.7 Å². The van der Waals surface area contributed by atoms with Gasteiger partial charge in [-0.25, -0.2) is 8.78 Å². The number of carbonyl (C=O) groups excluding carboxylic acids is 3. The van der Waals surface area contributed by atoms with Gasteiger partial charge in [-0.2, -0.15) is 9.97 Å². The van der Waals surface area contributed by atoms with Crippen molar-refractivity contribution in [3.8, 4) is 23.0 Å². The number of piperidine rings is 4. The van der Waals surface area contributed by atoms with Crippen molar-refractivity contribution in [2.75, 3.05) is 75.3 Å². The second-order valence-electron chi connectivity index (χ2n) is 22.4. The van der Waals surface area contributed by atoms with Gasteiger partial charge in [-0.05, 0) is 148 Å². The van der Waals surface area contributed by atoms with E-state index in [-0.39, 0.29) is 58.1 Å². The molecule has 1 unspecified atom stereocenters. The smallest absolute Gasteiger partial charge is 0.319 e. The molecule has 3 N–H and O–H groups in total. The van der Waals surface area contributed by atoms with Crippen molar-refractivity contribution in [3.05, 3.63) is 77.0 Å². The second kappa shape index (κ2) is 17.9. The Labute approximate surface area is 417 Å². The fourth-order valence-electron chi connectivity index (χ4n) is 13.1. The number of phenolic OH excluding ortho intramolecular Hbond substituents is 1. The first-order chi connectivity index (χ1) is 34.7. The maximum absolute atomic E-state index is 17.2. The molecular formula is C55H63F2N9O6. The van der Waals surface area contributed by atoms with Crippen LogP contribution >= 0.6 is 0 Å². The molecule has 3 amide bonds. The number of anilines is 2. The Hall–Kier alpha value is -6.04. The van der Waals surface area contributed by atoms with Crippen LogP contribution in [0.4, 0.5) is 20.3 Å². The summed E-state index contributed by atoms with van der Waals surface area (Å²) in [5.41, 5.74) is 2.66. The summed E-state index contributed by atoms with van der Waals surface area (Å²) in [5, 5.41) is 25.7. The number of fused-ring (bicyclic) bond motifs is 3. The van der Waals surface area contributed by atoms with Gasteiger partial charge >= 0.3 is 6.01 Å². The Morgan fingerprint density at radius 2 is 1.67 bits per heavy atom. The molecule has 0 radical (unpaired) electrons. The first kappa shape index (κ1) is 47.0. The Morgan fingerprint density at radius 1 is 0.875 bits per heavy atom. The summed E-state index contributed by atoms with van der Waals surface area (Å²) < 4.78 is 38.8. The van der Waals surface area contributed by atoms with E-state index in [1.165, 1.54) is 31.2 Å². The Morgan fingerprint density at radius 3 is 2.40 bits per heavy atom. The molecule has 72 heavy (non-hydrogen) atoms. The molecule has 17 heteroatoms. The van der Waals surface area contributed by atoms with Crippen molar-refractivity contribution < 1.29 is 38.1 Å². The highest BCUT2D eigenvalue weighted by Crippen LogP contribution is 2.51. The third kappa shape index (κ3) is 8.57. The molecular weight excluding hydrogens is 921 g/mol. The quantitative estimate of drug-likeness (QED) is 0.119. The first-order valence-corrected chi connectivity index (χ1v) is 26.1. The third-order valence-electron chi connectivity index (χ3n) is 17.2. The summed E-state index contributed by atoms with van der Waals surface area (Å²) in [6.45, 7) is 12.5. The zero-order chi connectivity index (χ0) is 49.7. The summed E-state index contributed by atoms with van der Waals surface area (Å²) in [6, 6.07) is 12.0. The lowest BCUT2D eigenvalue weighted by atomic mass is 9.71. The van der Waals surface area contributed by atoms with Crippen LogP contribution in [0, 0.1) is 22.5 Å². The number of halogens is 2. The Bertz CT molecular complexity index is 3010. The number of aromatic nitrogens is 3. The molecule has 0 bridgehead atoms. The number of ether oxygens (including phenoxy) is 1. The van der Waals surface area contributed by atoms with E-state index in [9.17, 15) is 24.6 Å². The van der Waals surface area contributed by atoms with Crippen molar-refractivity contribution in [1.82, 2.24) is 35.0 Å². The molecule has 7 aliphatic rings. The molecule has 6 aliphatic heterocycles. The topological polar surface area (TPSA) is 168 Å². The van der Waals surface area contributed by atoms with Gasteiger partial charge in [0, 0.05) is 93.2 Å². The number of phenols is 1. The van der Waals surface area contributed by atoms with Gasteiger partial charge in [0.2, 0.25) is 11.8 Å². The van der Waals surface area contributed by atoms with Gasteiger partial charge in [-0.1, -0.05) is 13.0 Å². The zero-order valence-corrected chi connectivity index (χ0v) is 41.2. The number of amides is 3. The standard InChI is InChI=1S/C55H63F2N9O6/c1-3-38-42(56)8-5-33-24-37(67)25-40(45(33)38)47-46(57)48-41(26-58-47)49(65-18-4-13-53(2,71)28-65)61-52(60-48)72-32-55(14-15-55)31-62-29-54(30-62)16-21-64(22-17-54)35-11-19-63(20-12-35)36-6-7-39-34(23-36)27-66(51(39)70)43-9-10-44(68)59-50(43)69/h5-8,23-26,35,43,67,71H,3-4,9-22,27-32H2,1-2H3,(H,59,68,69)/t43?,53-/m1/s1. The second-order valence-corrected chi connectivity index (χ2v) is 22.4. The SMILES string of the molecule is CCc1c(F)ccc2cc(O)cc(-c3ncc4c(N5CCC[C@@](C)(O)C5)nc(OCC5(CN6CC7(CCN(C8CCN(c9ccc%10c(c9)CN(C9CCC(=O)NC9=O)C%10=O)CC8)CC7)C6)CC5)nc4c3F)c12. The van der Waals surface area contributed by atoms with E-state index in [0.717, 1.165) is 89.2 Å². The number of hydrogen-bond acceptors (Lipinski definition) is 13. The summed E-state index contributed by atoms with van der Waals surface area (Å²) in [4.78, 5) is 63.0. The molecule has 378 valence electrons. The average molecular weight is 984 g/mol. The number of aliphatic hydroxyl groups is 1. The maximum atomic E-state index is 17.2. The lowest BCUT2D eigenvalue weighted by molar-refractivity contribution is -0.136. The minimum absolute atomic E-state index is 0.0157. The van der Waals surface area contributed by atoms with Crippen LogP contribution in [0.15, 0.2) is 48.7 Å². The number of imide groups is 1. The predicted octanol–water partition coefficient (Wildman–Crippen LogP) is 6.73. The molecule has 5 saturated heterocycles. The summed E-state index contributed by atoms with van der Waals surface area (Å²) in [6.07, 6.45) is 10.4. The van der Waals surface area contributed by atoms with Gasteiger partial charge in [-0.3, -0.25) is 24.7 Å². The van der Waals surface area contributed by atoms with Gasteiger partial charge in [0.05, 0.1) is 17.6 Å². The van der Waals surface area contributed by atoms with Crippen LogP contribution in [-0.2, 0) is 22.6 Å². The minimum atomic E-state index is -0.964. The van der Waals surface area contributed by atoms with Crippen molar-refractivity contribution >= 4 is 50.9 Å². The maximum Gasteiger partial charge on any atom is 0.319 e. The van der Waals surface area contributed by atoms with E-state index in [1.54, 1.807) is 24.0 Å². The fraction of sp³-hybridized carbons (Fsp3) is 0.527. The van der Waals surface area contributed by atoms with Gasteiger partial charge < -0.3 is 39.4 Å².